The van der Waals surface area contributed by atoms with Crippen molar-refractivity contribution in [2.24, 2.45) is 0 Å². The van der Waals surface area contributed by atoms with Crippen LogP contribution in [-0.2, 0) is 4.74 Å². The molecule has 0 aromatic heterocycles. The fourth-order valence-electron chi connectivity index (χ4n) is 2.26. The molecule has 1 heterocycles. The lowest BCUT2D eigenvalue weighted by Gasteiger charge is -2.28. The van der Waals surface area contributed by atoms with Gasteiger partial charge in [0, 0.05) is 13.1 Å². The van der Waals surface area contributed by atoms with E-state index in [0.717, 1.165) is 43.9 Å². The number of ether oxygens (including phenoxy) is 2. The van der Waals surface area contributed by atoms with Crippen LogP contribution in [0.25, 0.3) is 0 Å². The van der Waals surface area contributed by atoms with Crippen LogP contribution in [0.4, 0.5) is 0 Å². The van der Waals surface area contributed by atoms with E-state index in [-0.39, 0.29) is 6.10 Å². The highest BCUT2D eigenvalue weighted by Crippen LogP contribution is 2.33. The van der Waals surface area contributed by atoms with Gasteiger partial charge in [0.05, 0.1) is 23.8 Å². The maximum absolute atomic E-state index is 6.27. The molecule has 18 heavy (non-hydrogen) atoms. The highest BCUT2D eigenvalue weighted by atomic mass is 35.5. The predicted molar refractivity (Wildman–Crippen MR) is 71.3 cm³/mol. The van der Waals surface area contributed by atoms with Crippen LogP contribution in [0.15, 0.2) is 18.2 Å². The minimum absolute atomic E-state index is 0.106. The van der Waals surface area contributed by atoms with E-state index in [1.165, 1.54) is 6.42 Å². The number of nitrogens with one attached hydrogen (secondary N) is 1. The lowest BCUT2D eigenvalue weighted by atomic mass is 9.96. The molecule has 1 atom stereocenters. The minimum atomic E-state index is 0.106. The monoisotopic (exact) mass is 267 g/mol. The summed E-state index contributed by atoms with van der Waals surface area (Å²) in [6.07, 6.45) is 4.03. The molecule has 0 bridgehead atoms. The van der Waals surface area contributed by atoms with Gasteiger partial charge in [0.15, 0.2) is 0 Å². The Balaban J connectivity index is 1.70. The summed E-state index contributed by atoms with van der Waals surface area (Å²) >= 11 is 6.27. The van der Waals surface area contributed by atoms with Crippen LogP contribution in [0.1, 0.15) is 30.9 Å². The molecule has 1 aromatic rings. The van der Waals surface area contributed by atoms with Crippen LogP contribution >= 0.6 is 11.6 Å². The first kappa shape index (κ1) is 12.3. The smallest absolute Gasteiger partial charge is 0.138 e. The first-order valence-electron chi connectivity index (χ1n) is 6.61. The van der Waals surface area contributed by atoms with Crippen molar-refractivity contribution < 1.29 is 9.47 Å². The molecule has 2 aliphatic rings. The van der Waals surface area contributed by atoms with Gasteiger partial charge in [0.25, 0.3) is 0 Å². The van der Waals surface area contributed by atoms with Gasteiger partial charge < -0.3 is 14.8 Å². The van der Waals surface area contributed by atoms with E-state index in [1.807, 2.05) is 12.1 Å². The molecule has 3 rings (SSSR count). The zero-order chi connectivity index (χ0) is 12.4. The summed E-state index contributed by atoms with van der Waals surface area (Å²) in [5.74, 6) is 0.800. The molecule has 98 valence electrons. The highest BCUT2D eigenvalue weighted by Gasteiger charge is 2.21. The lowest BCUT2D eigenvalue weighted by Crippen LogP contribution is -2.33. The second-order valence-electron chi connectivity index (χ2n) is 4.92. The van der Waals surface area contributed by atoms with Crippen LogP contribution in [-0.4, -0.2) is 25.8 Å². The Morgan fingerprint density at radius 3 is 2.83 bits per heavy atom. The molecule has 1 aliphatic heterocycles. The Bertz CT molecular complexity index is 414. The minimum Gasteiger partial charge on any atom is -0.489 e. The van der Waals surface area contributed by atoms with Gasteiger partial charge in [0.2, 0.25) is 0 Å². The first-order chi connectivity index (χ1) is 8.83. The average Bonchev–Trinajstić information content (AvgIpc) is 2.36. The topological polar surface area (TPSA) is 30.5 Å². The number of benzene rings is 1. The van der Waals surface area contributed by atoms with Crippen molar-refractivity contribution >= 4 is 11.6 Å². The Hall–Kier alpha value is -0.770. The molecule has 1 aliphatic carbocycles. The summed E-state index contributed by atoms with van der Waals surface area (Å²) in [7, 11) is 0. The quantitative estimate of drug-likeness (QED) is 0.913. The lowest BCUT2D eigenvalue weighted by molar-refractivity contribution is 0.0276. The Labute approximate surface area is 112 Å². The van der Waals surface area contributed by atoms with Gasteiger partial charge in [-0.1, -0.05) is 17.7 Å². The van der Waals surface area contributed by atoms with Gasteiger partial charge in [-0.3, -0.25) is 0 Å². The molecular weight excluding hydrogens is 250 g/mol. The van der Waals surface area contributed by atoms with E-state index in [4.69, 9.17) is 21.1 Å². The first-order valence-corrected chi connectivity index (χ1v) is 6.99. The zero-order valence-corrected chi connectivity index (χ0v) is 11.1. The van der Waals surface area contributed by atoms with E-state index >= 15 is 0 Å². The molecular formula is C14H18ClNO2. The molecule has 2 fully saturated rings. The average molecular weight is 268 g/mol. The van der Waals surface area contributed by atoms with Crippen molar-refractivity contribution in [2.45, 2.75) is 31.5 Å². The predicted octanol–water partition coefficient (Wildman–Crippen LogP) is 2.93. The Morgan fingerprint density at radius 1 is 1.33 bits per heavy atom. The SMILES string of the molecule is Clc1cc(C2CNCCO2)ccc1OC1CCC1. The molecule has 0 radical (unpaired) electrons. The third kappa shape index (κ3) is 2.63. The molecule has 1 saturated carbocycles. The van der Waals surface area contributed by atoms with Crippen molar-refractivity contribution in [3.05, 3.63) is 28.8 Å². The van der Waals surface area contributed by atoms with E-state index in [2.05, 4.69) is 11.4 Å². The van der Waals surface area contributed by atoms with Gasteiger partial charge in [-0.25, -0.2) is 0 Å². The highest BCUT2D eigenvalue weighted by molar-refractivity contribution is 6.32. The number of halogens is 1. The molecule has 1 aromatic carbocycles. The van der Waals surface area contributed by atoms with E-state index in [9.17, 15) is 0 Å². The van der Waals surface area contributed by atoms with Crippen molar-refractivity contribution in [2.75, 3.05) is 19.7 Å². The summed E-state index contributed by atoms with van der Waals surface area (Å²) in [5.41, 5.74) is 1.12. The maximum Gasteiger partial charge on any atom is 0.138 e. The van der Waals surface area contributed by atoms with E-state index < -0.39 is 0 Å². The molecule has 1 unspecified atom stereocenters. The number of rotatable bonds is 3. The third-order valence-electron chi connectivity index (χ3n) is 3.60. The fourth-order valence-corrected chi connectivity index (χ4v) is 2.49. The van der Waals surface area contributed by atoms with Crippen molar-refractivity contribution in [3.63, 3.8) is 0 Å². The van der Waals surface area contributed by atoms with Crippen molar-refractivity contribution in [1.82, 2.24) is 5.32 Å². The molecule has 3 nitrogen and oxygen atoms in total. The van der Waals surface area contributed by atoms with Gasteiger partial charge in [-0.15, -0.1) is 0 Å². The number of hydrogen-bond acceptors (Lipinski definition) is 3. The Kier molecular flexibility index (Phi) is 3.73. The van der Waals surface area contributed by atoms with Crippen LogP contribution in [0.5, 0.6) is 5.75 Å². The summed E-state index contributed by atoms with van der Waals surface area (Å²) in [6.45, 7) is 2.52. The fraction of sp³-hybridized carbons (Fsp3) is 0.571. The van der Waals surface area contributed by atoms with E-state index in [0.29, 0.717) is 11.1 Å². The molecule has 1 N–H and O–H groups in total. The zero-order valence-electron chi connectivity index (χ0n) is 10.3. The summed E-state index contributed by atoms with van der Waals surface area (Å²) in [6, 6.07) is 5.98. The number of morpholine rings is 1. The summed E-state index contributed by atoms with van der Waals surface area (Å²) < 4.78 is 11.5. The molecule has 0 spiro atoms. The molecule has 0 amide bonds. The van der Waals surface area contributed by atoms with Gasteiger partial charge >= 0.3 is 0 Å². The maximum atomic E-state index is 6.27. The second-order valence-corrected chi connectivity index (χ2v) is 5.33. The number of hydrogen-bond donors (Lipinski definition) is 1. The van der Waals surface area contributed by atoms with Gasteiger partial charge in [-0.05, 0) is 37.0 Å². The van der Waals surface area contributed by atoms with E-state index in [1.54, 1.807) is 0 Å². The van der Waals surface area contributed by atoms with Crippen LogP contribution in [0, 0.1) is 0 Å². The van der Waals surface area contributed by atoms with Gasteiger partial charge in [-0.2, -0.15) is 0 Å². The second kappa shape index (κ2) is 5.47. The standard InChI is InChI=1S/C14H18ClNO2/c15-12-8-10(14-9-16-6-7-17-14)4-5-13(12)18-11-2-1-3-11/h4-5,8,11,14,16H,1-3,6-7,9H2. The molecule has 1 saturated heterocycles. The summed E-state index contributed by atoms with van der Waals surface area (Å²) in [4.78, 5) is 0. The van der Waals surface area contributed by atoms with Crippen LogP contribution in [0.2, 0.25) is 5.02 Å². The third-order valence-corrected chi connectivity index (χ3v) is 3.90. The normalized spacial score (nSPS) is 24.6. The van der Waals surface area contributed by atoms with Crippen LogP contribution < -0.4 is 10.1 Å². The molecule has 4 heteroatoms. The largest absolute Gasteiger partial charge is 0.489 e. The Morgan fingerprint density at radius 2 is 2.22 bits per heavy atom. The van der Waals surface area contributed by atoms with Crippen LogP contribution in [0.3, 0.4) is 0 Å². The van der Waals surface area contributed by atoms with Crippen molar-refractivity contribution in [3.8, 4) is 5.75 Å². The summed E-state index contributed by atoms with van der Waals surface area (Å²) in [5, 5.41) is 4.01. The van der Waals surface area contributed by atoms with Gasteiger partial charge in [0.1, 0.15) is 5.75 Å². The van der Waals surface area contributed by atoms with Crippen molar-refractivity contribution in [1.29, 1.82) is 0 Å².